The Balaban J connectivity index is 1.10. The van der Waals surface area contributed by atoms with Crippen LogP contribution in [0.15, 0.2) is 18.2 Å². The molecule has 1 aromatic carbocycles. The number of amides is 1. The summed E-state index contributed by atoms with van der Waals surface area (Å²) in [5, 5.41) is 4.72. The van der Waals surface area contributed by atoms with Gasteiger partial charge in [-0.2, -0.15) is 0 Å². The second-order valence-electron chi connectivity index (χ2n) is 10.4. The molecule has 5 aliphatic rings. The zero-order valence-corrected chi connectivity index (χ0v) is 18.1. The number of carbonyl (C=O) groups excluding carboxylic acids is 1. The van der Waals surface area contributed by atoms with Gasteiger partial charge in [0.2, 0.25) is 5.91 Å². The summed E-state index contributed by atoms with van der Waals surface area (Å²) in [6.45, 7) is 4.02. The molecule has 2 aromatic rings. The van der Waals surface area contributed by atoms with Crippen molar-refractivity contribution in [3.05, 3.63) is 23.8 Å². The Kier molecular flexibility index (Phi) is 4.20. The van der Waals surface area contributed by atoms with E-state index in [1.807, 2.05) is 0 Å². The fraction of sp³-hybridized carbons (Fsp3) is 0.667. The van der Waals surface area contributed by atoms with Crippen molar-refractivity contribution in [1.29, 1.82) is 0 Å². The predicted molar refractivity (Wildman–Crippen MR) is 118 cm³/mol. The van der Waals surface area contributed by atoms with Gasteiger partial charge in [-0.05, 0) is 93.7 Å². The SMILES string of the molecule is Cc1ccc2nc(N3CCC(C(=O)NC45CC6CC(CC(C6)C4)C5)CC3)sc2c1. The van der Waals surface area contributed by atoms with E-state index < -0.39 is 0 Å². The highest BCUT2D eigenvalue weighted by Gasteiger charge is 2.51. The Labute approximate surface area is 177 Å². The lowest BCUT2D eigenvalue weighted by molar-refractivity contribution is -0.131. The van der Waals surface area contributed by atoms with Crippen molar-refractivity contribution < 1.29 is 4.79 Å². The van der Waals surface area contributed by atoms with Crippen LogP contribution in [0.3, 0.4) is 0 Å². The lowest BCUT2D eigenvalue weighted by atomic mass is 9.53. The number of piperidine rings is 1. The normalized spacial score (nSPS) is 34.1. The Bertz CT molecular complexity index is 907. The summed E-state index contributed by atoms with van der Waals surface area (Å²) in [5.74, 6) is 3.16. The molecular formula is C24H31N3OS. The van der Waals surface area contributed by atoms with Gasteiger partial charge in [0, 0.05) is 24.5 Å². The smallest absolute Gasteiger partial charge is 0.223 e. The molecular weight excluding hydrogens is 378 g/mol. The molecule has 154 valence electrons. The Hall–Kier alpha value is -1.62. The topological polar surface area (TPSA) is 45.2 Å². The van der Waals surface area contributed by atoms with E-state index in [1.54, 1.807) is 11.3 Å². The molecule has 1 amide bonds. The standard InChI is InChI=1S/C24H31N3OS/c1-15-2-3-20-21(8-15)29-23(25-20)27-6-4-19(5-7-27)22(28)26-24-12-16-9-17(13-24)11-18(10-16)14-24/h2-3,8,16-19H,4-7,9-14H2,1H3,(H,26,28). The van der Waals surface area contributed by atoms with E-state index in [0.29, 0.717) is 5.91 Å². The van der Waals surface area contributed by atoms with Crippen LogP contribution < -0.4 is 10.2 Å². The number of carbonyl (C=O) groups is 1. The summed E-state index contributed by atoms with van der Waals surface area (Å²) in [7, 11) is 0. The molecule has 0 spiro atoms. The van der Waals surface area contributed by atoms with Crippen LogP contribution in [-0.2, 0) is 4.79 Å². The van der Waals surface area contributed by atoms with Crippen molar-refractivity contribution in [3.63, 3.8) is 0 Å². The number of benzene rings is 1. The van der Waals surface area contributed by atoms with Gasteiger partial charge in [0.15, 0.2) is 5.13 Å². The Morgan fingerprint density at radius 3 is 2.41 bits per heavy atom. The van der Waals surface area contributed by atoms with Crippen LogP contribution in [0.25, 0.3) is 10.2 Å². The van der Waals surface area contributed by atoms with Crippen LogP contribution >= 0.6 is 11.3 Å². The lowest BCUT2D eigenvalue weighted by Gasteiger charge is -2.57. The summed E-state index contributed by atoms with van der Waals surface area (Å²) in [6.07, 6.45) is 9.91. The molecule has 1 N–H and O–H groups in total. The zero-order valence-electron chi connectivity index (χ0n) is 17.3. The van der Waals surface area contributed by atoms with E-state index in [-0.39, 0.29) is 11.5 Å². The first-order valence-electron chi connectivity index (χ1n) is 11.5. The third-order valence-corrected chi connectivity index (χ3v) is 9.17. The van der Waals surface area contributed by atoms with Gasteiger partial charge in [-0.1, -0.05) is 17.4 Å². The van der Waals surface area contributed by atoms with Crippen molar-refractivity contribution in [2.75, 3.05) is 18.0 Å². The summed E-state index contributed by atoms with van der Waals surface area (Å²) in [6, 6.07) is 6.48. The fourth-order valence-corrected chi connectivity index (χ4v) is 8.23. The molecule has 29 heavy (non-hydrogen) atoms. The Morgan fingerprint density at radius 1 is 1.10 bits per heavy atom. The fourth-order valence-electron chi connectivity index (χ4n) is 7.12. The van der Waals surface area contributed by atoms with Crippen molar-refractivity contribution in [2.45, 2.75) is 63.8 Å². The van der Waals surface area contributed by atoms with Crippen LogP contribution in [-0.4, -0.2) is 29.5 Å². The molecule has 0 radical (unpaired) electrons. The second-order valence-corrected chi connectivity index (χ2v) is 11.4. The minimum absolute atomic E-state index is 0.147. The minimum Gasteiger partial charge on any atom is -0.350 e. The second kappa shape index (κ2) is 6.69. The molecule has 1 aliphatic heterocycles. The van der Waals surface area contributed by atoms with E-state index in [0.717, 1.165) is 54.3 Å². The van der Waals surface area contributed by atoms with Crippen molar-refractivity contribution >= 4 is 32.6 Å². The van der Waals surface area contributed by atoms with Gasteiger partial charge in [-0.3, -0.25) is 4.79 Å². The monoisotopic (exact) mass is 409 g/mol. The number of hydrogen-bond acceptors (Lipinski definition) is 4. The molecule has 5 fully saturated rings. The summed E-state index contributed by atoms with van der Waals surface area (Å²) >= 11 is 1.79. The van der Waals surface area contributed by atoms with Gasteiger partial charge in [-0.15, -0.1) is 0 Å². The maximum Gasteiger partial charge on any atom is 0.223 e. The number of fused-ring (bicyclic) bond motifs is 1. The number of nitrogens with one attached hydrogen (secondary N) is 1. The highest BCUT2D eigenvalue weighted by atomic mass is 32.1. The third kappa shape index (κ3) is 3.26. The molecule has 2 heterocycles. The molecule has 4 bridgehead atoms. The van der Waals surface area contributed by atoms with Crippen LogP contribution in [0.4, 0.5) is 5.13 Å². The number of aromatic nitrogens is 1. The van der Waals surface area contributed by atoms with Gasteiger partial charge < -0.3 is 10.2 Å². The highest BCUT2D eigenvalue weighted by molar-refractivity contribution is 7.22. The highest BCUT2D eigenvalue weighted by Crippen LogP contribution is 2.55. The summed E-state index contributed by atoms with van der Waals surface area (Å²) in [5.41, 5.74) is 2.53. The first-order chi connectivity index (χ1) is 14.1. The van der Waals surface area contributed by atoms with Gasteiger partial charge in [0.25, 0.3) is 0 Å². The third-order valence-electron chi connectivity index (χ3n) is 8.10. The van der Waals surface area contributed by atoms with Gasteiger partial charge >= 0.3 is 0 Å². The molecule has 5 heteroatoms. The van der Waals surface area contributed by atoms with Gasteiger partial charge in [0.1, 0.15) is 0 Å². The maximum absolute atomic E-state index is 13.2. The number of anilines is 1. The lowest BCUT2D eigenvalue weighted by Crippen LogP contribution is -2.61. The van der Waals surface area contributed by atoms with Crippen molar-refractivity contribution in [3.8, 4) is 0 Å². The van der Waals surface area contributed by atoms with E-state index in [1.165, 1.54) is 48.8 Å². The van der Waals surface area contributed by atoms with Crippen LogP contribution in [0.5, 0.6) is 0 Å². The number of thiazole rings is 1. The first-order valence-corrected chi connectivity index (χ1v) is 12.3. The summed E-state index contributed by atoms with van der Waals surface area (Å²) in [4.78, 5) is 20.4. The number of nitrogens with zero attached hydrogens (tertiary/aromatic N) is 2. The van der Waals surface area contributed by atoms with Crippen LogP contribution in [0.1, 0.15) is 56.9 Å². The van der Waals surface area contributed by atoms with Crippen LogP contribution in [0.2, 0.25) is 0 Å². The molecule has 0 atom stereocenters. The molecule has 1 saturated heterocycles. The Morgan fingerprint density at radius 2 is 1.76 bits per heavy atom. The van der Waals surface area contributed by atoms with Crippen molar-refractivity contribution in [1.82, 2.24) is 10.3 Å². The zero-order chi connectivity index (χ0) is 19.6. The first kappa shape index (κ1) is 18.2. The predicted octanol–water partition coefficient (Wildman–Crippen LogP) is 4.91. The van der Waals surface area contributed by atoms with Crippen LogP contribution in [0, 0.1) is 30.6 Å². The maximum atomic E-state index is 13.2. The molecule has 4 saturated carbocycles. The molecule has 4 aliphatic carbocycles. The number of aryl methyl sites for hydroxylation is 1. The average Bonchev–Trinajstić information content (AvgIpc) is 3.10. The molecule has 1 aromatic heterocycles. The molecule has 0 unspecified atom stereocenters. The van der Waals surface area contributed by atoms with E-state index in [9.17, 15) is 4.79 Å². The largest absolute Gasteiger partial charge is 0.350 e. The number of rotatable bonds is 3. The van der Waals surface area contributed by atoms with Crippen molar-refractivity contribution in [2.24, 2.45) is 23.7 Å². The van der Waals surface area contributed by atoms with E-state index >= 15 is 0 Å². The quantitative estimate of drug-likeness (QED) is 0.784. The average molecular weight is 410 g/mol. The molecule has 7 rings (SSSR count). The van der Waals surface area contributed by atoms with E-state index in [4.69, 9.17) is 4.98 Å². The number of hydrogen-bond donors (Lipinski definition) is 1. The minimum atomic E-state index is 0.147. The van der Waals surface area contributed by atoms with E-state index in [2.05, 4.69) is 35.3 Å². The molecule has 4 nitrogen and oxygen atoms in total. The summed E-state index contributed by atoms with van der Waals surface area (Å²) < 4.78 is 1.27. The van der Waals surface area contributed by atoms with Gasteiger partial charge in [0.05, 0.1) is 10.2 Å². The van der Waals surface area contributed by atoms with Gasteiger partial charge in [-0.25, -0.2) is 4.98 Å².